The summed E-state index contributed by atoms with van der Waals surface area (Å²) < 4.78 is 3.61. The first kappa shape index (κ1) is 7.87. The molecular formula is C6H5N5OS. The maximum Gasteiger partial charge on any atom is 0.274 e. The number of anilines is 1. The number of rotatable bonds is 2. The molecule has 2 N–H and O–H groups in total. The second-order valence-electron chi connectivity index (χ2n) is 2.21. The van der Waals surface area contributed by atoms with E-state index >= 15 is 0 Å². The van der Waals surface area contributed by atoms with Crippen molar-refractivity contribution in [2.45, 2.75) is 0 Å². The number of nitrogens with zero attached hydrogens (tertiary/aromatic N) is 3. The minimum absolute atomic E-state index is 0.273. The number of hydrogen-bond acceptors (Lipinski definition) is 5. The highest BCUT2D eigenvalue weighted by molar-refractivity contribution is 7.03. The fraction of sp³-hybridized carbons (Fsp3) is 0. The molecule has 0 saturated heterocycles. The predicted molar refractivity (Wildman–Crippen MR) is 46.4 cm³/mol. The van der Waals surface area contributed by atoms with Crippen molar-refractivity contribution < 1.29 is 4.79 Å². The highest BCUT2D eigenvalue weighted by Crippen LogP contribution is 2.04. The third kappa shape index (κ3) is 1.70. The Labute approximate surface area is 77.2 Å². The van der Waals surface area contributed by atoms with Crippen LogP contribution in [0.1, 0.15) is 10.5 Å². The topological polar surface area (TPSA) is 83.6 Å². The third-order valence-corrected chi connectivity index (χ3v) is 1.85. The molecule has 0 bridgehead atoms. The molecule has 6 nitrogen and oxygen atoms in total. The molecule has 0 aliphatic heterocycles. The molecular weight excluding hydrogens is 190 g/mol. The summed E-state index contributed by atoms with van der Waals surface area (Å²) in [6.07, 6.45) is 1.51. The van der Waals surface area contributed by atoms with Gasteiger partial charge in [0, 0.05) is 6.20 Å². The fourth-order valence-electron chi connectivity index (χ4n) is 0.785. The van der Waals surface area contributed by atoms with E-state index in [1.807, 2.05) is 0 Å². The number of H-pyrrole nitrogens is 1. The van der Waals surface area contributed by atoms with Crippen LogP contribution in [0.4, 0.5) is 5.82 Å². The Morgan fingerprint density at radius 1 is 1.62 bits per heavy atom. The molecule has 2 aromatic heterocycles. The summed E-state index contributed by atoms with van der Waals surface area (Å²) in [6.45, 7) is 0. The molecule has 0 unspecified atom stereocenters. The van der Waals surface area contributed by atoms with Crippen LogP contribution < -0.4 is 5.32 Å². The lowest BCUT2D eigenvalue weighted by Gasteiger charge is -1.95. The van der Waals surface area contributed by atoms with Crippen LogP contribution in [0.5, 0.6) is 0 Å². The van der Waals surface area contributed by atoms with E-state index in [1.165, 1.54) is 17.7 Å². The first-order valence-corrected chi connectivity index (χ1v) is 4.28. The van der Waals surface area contributed by atoms with Gasteiger partial charge in [-0.2, -0.15) is 5.10 Å². The molecule has 0 saturated carbocycles. The highest BCUT2D eigenvalue weighted by Gasteiger charge is 2.07. The van der Waals surface area contributed by atoms with Crippen molar-refractivity contribution in [2.24, 2.45) is 0 Å². The van der Waals surface area contributed by atoms with Crippen LogP contribution in [0.15, 0.2) is 17.6 Å². The Hall–Kier alpha value is -1.76. The molecule has 2 aromatic rings. The van der Waals surface area contributed by atoms with Crippen molar-refractivity contribution in [1.82, 2.24) is 19.8 Å². The van der Waals surface area contributed by atoms with Gasteiger partial charge in [-0.3, -0.25) is 9.89 Å². The monoisotopic (exact) mass is 195 g/mol. The highest BCUT2D eigenvalue weighted by atomic mass is 32.1. The van der Waals surface area contributed by atoms with Crippen LogP contribution in [0, 0.1) is 0 Å². The van der Waals surface area contributed by atoms with Gasteiger partial charge in [-0.15, -0.1) is 5.10 Å². The predicted octanol–water partition coefficient (Wildman–Crippen LogP) is 0.513. The van der Waals surface area contributed by atoms with Gasteiger partial charge in [0.2, 0.25) is 0 Å². The van der Waals surface area contributed by atoms with E-state index < -0.39 is 0 Å². The maximum atomic E-state index is 11.3. The van der Waals surface area contributed by atoms with Gasteiger partial charge in [0.25, 0.3) is 5.91 Å². The molecule has 66 valence electrons. The van der Waals surface area contributed by atoms with Crippen LogP contribution in [-0.2, 0) is 0 Å². The Balaban J connectivity index is 2.08. The Bertz CT molecular complexity index is 381. The van der Waals surface area contributed by atoms with Gasteiger partial charge in [-0.1, -0.05) is 4.49 Å². The van der Waals surface area contributed by atoms with Gasteiger partial charge in [-0.05, 0) is 17.6 Å². The molecule has 7 heteroatoms. The summed E-state index contributed by atoms with van der Waals surface area (Å²) in [5, 5.41) is 14.1. The third-order valence-electron chi connectivity index (χ3n) is 1.35. The van der Waals surface area contributed by atoms with E-state index in [1.54, 1.807) is 11.4 Å². The molecule has 0 aromatic carbocycles. The number of nitrogens with one attached hydrogen (secondary N) is 2. The van der Waals surface area contributed by atoms with E-state index in [-0.39, 0.29) is 5.91 Å². The Kier molecular flexibility index (Phi) is 2.01. The van der Waals surface area contributed by atoms with E-state index in [0.29, 0.717) is 11.5 Å². The number of carbonyl (C=O) groups is 1. The summed E-state index contributed by atoms with van der Waals surface area (Å²) in [5.74, 6) is 0.176. The van der Waals surface area contributed by atoms with Gasteiger partial charge in [0.1, 0.15) is 5.69 Å². The van der Waals surface area contributed by atoms with Gasteiger partial charge in [0.05, 0.1) is 5.38 Å². The van der Waals surface area contributed by atoms with Crippen LogP contribution in [-0.4, -0.2) is 25.7 Å². The second-order valence-corrected chi connectivity index (χ2v) is 2.82. The van der Waals surface area contributed by atoms with Crippen LogP contribution >= 0.6 is 11.5 Å². The van der Waals surface area contributed by atoms with Crippen molar-refractivity contribution in [1.29, 1.82) is 0 Å². The van der Waals surface area contributed by atoms with Crippen LogP contribution in [0.25, 0.3) is 0 Å². The molecule has 0 atom stereocenters. The smallest absolute Gasteiger partial charge is 0.274 e. The Morgan fingerprint density at radius 2 is 2.54 bits per heavy atom. The molecule has 2 rings (SSSR count). The molecule has 0 aliphatic carbocycles. The minimum atomic E-state index is -0.273. The maximum absolute atomic E-state index is 11.3. The van der Waals surface area contributed by atoms with E-state index in [9.17, 15) is 4.79 Å². The van der Waals surface area contributed by atoms with Crippen molar-refractivity contribution in [3.8, 4) is 0 Å². The van der Waals surface area contributed by atoms with E-state index in [4.69, 9.17) is 0 Å². The van der Waals surface area contributed by atoms with E-state index in [0.717, 1.165) is 0 Å². The second kappa shape index (κ2) is 3.31. The molecule has 0 spiro atoms. The standard InChI is InChI=1S/C6H5N5OS/c12-6(4-1-2-7-9-4)8-5-3-13-11-10-5/h1-3H,(H,7,9)(H,8,12). The van der Waals surface area contributed by atoms with E-state index in [2.05, 4.69) is 25.1 Å². The largest absolute Gasteiger partial charge is 0.303 e. The minimum Gasteiger partial charge on any atom is -0.303 e. The van der Waals surface area contributed by atoms with Crippen LogP contribution in [0.2, 0.25) is 0 Å². The fourth-order valence-corrected chi connectivity index (χ4v) is 1.17. The summed E-state index contributed by atoms with van der Waals surface area (Å²) in [6, 6.07) is 1.58. The summed E-state index contributed by atoms with van der Waals surface area (Å²) >= 11 is 1.18. The lowest BCUT2D eigenvalue weighted by molar-refractivity contribution is 0.102. The van der Waals surface area contributed by atoms with Crippen molar-refractivity contribution in [3.05, 3.63) is 23.3 Å². The molecule has 13 heavy (non-hydrogen) atoms. The SMILES string of the molecule is O=C(Nc1csnn1)c1ccn[nH]1. The lowest BCUT2D eigenvalue weighted by atomic mass is 10.4. The zero-order valence-electron chi connectivity index (χ0n) is 6.39. The first-order valence-electron chi connectivity index (χ1n) is 3.44. The number of aromatic nitrogens is 4. The van der Waals surface area contributed by atoms with Gasteiger partial charge in [-0.25, -0.2) is 0 Å². The molecule has 1 amide bonds. The van der Waals surface area contributed by atoms with Crippen molar-refractivity contribution in [2.75, 3.05) is 5.32 Å². The Morgan fingerprint density at radius 3 is 3.15 bits per heavy atom. The number of aromatic amines is 1. The average Bonchev–Trinajstić information content (AvgIpc) is 2.74. The van der Waals surface area contributed by atoms with Gasteiger partial charge < -0.3 is 5.32 Å². The zero-order valence-corrected chi connectivity index (χ0v) is 7.21. The lowest BCUT2D eigenvalue weighted by Crippen LogP contribution is -2.12. The van der Waals surface area contributed by atoms with Crippen molar-refractivity contribution in [3.63, 3.8) is 0 Å². The number of amides is 1. The quantitative estimate of drug-likeness (QED) is 0.731. The summed E-state index contributed by atoms with van der Waals surface area (Å²) in [5.41, 5.74) is 0.396. The molecule has 2 heterocycles. The van der Waals surface area contributed by atoms with Crippen molar-refractivity contribution >= 4 is 23.3 Å². The normalized spacial score (nSPS) is 9.85. The molecule has 0 aliphatic rings. The number of hydrogen-bond donors (Lipinski definition) is 2. The first-order chi connectivity index (χ1) is 6.36. The zero-order chi connectivity index (χ0) is 9.10. The molecule has 0 radical (unpaired) electrons. The van der Waals surface area contributed by atoms with Crippen LogP contribution in [0.3, 0.4) is 0 Å². The molecule has 0 fully saturated rings. The van der Waals surface area contributed by atoms with Gasteiger partial charge >= 0.3 is 0 Å². The summed E-state index contributed by atoms with van der Waals surface area (Å²) in [4.78, 5) is 11.3. The van der Waals surface area contributed by atoms with Gasteiger partial charge in [0.15, 0.2) is 5.82 Å². The average molecular weight is 195 g/mol. The summed E-state index contributed by atoms with van der Waals surface area (Å²) in [7, 11) is 0. The number of carbonyl (C=O) groups excluding carboxylic acids is 1.